The fraction of sp³-hybridized carbons (Fsp3) is 0.481. The Labute approximate surface area is 215 Å². The van der Waals surface area contributed by atoms with Crippen LogP contribution in [0.15, 0.2) is 59.7 Å². The van der Waals surface area contributed by atoms with Crippen LogP contribution in [0.5, 0.6) is 0 Å². The Morgan fingerprint density at radius 1 is 0.974 bits per heavy atom. The maximum absolute atomic E-state index is 13.4. The molecule has 2 aromatic carbocycles. The minimum atomic E-state index is -4.93. The minimum Gasteiger partial charge on any atom is -0.373 e. The van der Waals surface area contributed by atoms with Crippen LogP contribution in [0, 0.1) is 0 Å². The highest BCUT2D eigenvalue weighted by atomic mass is 19.4. The van der Waals surface area contributed by atoms with Gasteiger partial charge < -0.3 is 4.74 Å². The van der Waals surface area contributed by atoms with Crippen molar-refractivity contribution in [2.75, 3.05) is 6.61 Å². The summed E-state index contributed by atoms with van der Waals surface area (Å²) in [4.78, 5) is 12.3. The summed E-state index contributed by atoms with van der Waals surface area (Å²) in [5, 5.41) is 6.31. The molecule has 1 saturated carbocycles. The normalized spacial score (nSPS) is 23.4. The molecule has 0 radical (unpaired) electrons. The number of benzene rings is 2. The Kier molecular flexibility index (Phi) is 7.53. The molecule has 11 heteroatoms. The summed E-state index contributed by atoms with van der Waals surface area (Å²) in [7, 11) is 0. The van der Waals surface area contributed by atoms with Crippen LogP contribution in [0.3, 0.4) is 0 Å². The number of nitrogens with one attached hydrogen (secondary N) is 1. The van der Waals surface area contributed by atoms with E-state index in [0.29, 0.717) is 44.2 Å². The van der Waals surface area contributed by atoms with Crippen molar-refractivity contribution in [1.29, 1.82) is 0 Å². The fourth-order valence-corrected chi connectivity index (χ4v) is 5.45. The van der Waals surface area contributed by atoms with Crippen LogP contribution in [0.1, 0.15) is 74.3 Å². The second kappa shape index (κ2) is 10.2. The van der Waals surface area contributed by atoms with Crippen molar-refractivity contribution in [3.05, 3.63) is 87.6 Å². The first kappa shape index (κ1) is 27.9. The van der Waals surface area contributed by atoms with E-state index in [1.165, 1.54) is 13.3 Å². The third-order valence-corrected chi connectivity index (χ3v) is 7.93. The van der Waals surface area contributed by atoms with Gasteiger partial charge in [0.15, 0.2) is 0 Å². The number of halogens is 6. The number of aromatic amines is 1. The Morgan fingerprint density at radius 2 is 1.55 bits per heavy atom. The van der Waals surface area contributed by atoms with Gasteiger partial charge in [-0.15, -0.1) is 0 Å². The van der Waals surface area contributed by atoms with Gasteiger partial charge >= 0.3 is 18.0 Å². The minimum absolute atomic E-state index is 0.0931. The number of nitrogens with zero attached hydrogens (tertiary/aromatic N) is 2. The van der Waals surface area contributed by atoms with Crippen molar-refractivity contribution in [3.8, 4) is 0 Å². The number of ether oxygens (including phenoxy) is 1. The first-order chi connectivity index (χ1) is 17.8. The van der Waals surface area contributed by atoms with E-state index in [4.69, 9.17) is 4.74 Å². The summed E-state index contributed by atoms with van der Waals surface area (Å²) in [6.07, 6.45) is -6.25. The molecular formula is C27H29F6N3O2. The quantitative estimate of drug-likeness (QED) is 0.328. The molecule has 206 valence electrons. The summed E-state index contributed by atoms with van der Waals surface area (Å²) < 4.78 is 87.9. The van der Waals surface area contributed by atoms with Gasteiger partial charge in [0.1, 0.15) is 6.33 Å². The maximum Gasteiger partial charge on any atom is 0.416 e. The lowest BCUT2D eigenvalue weighted by molar-refractivity contribution is -0.143. The van der Waals surface area contributed by atoms with Gasteiger partial charge in [0.05, 0.1) is 29.4 Å². The van der Waals surface area contributed by atoms with E-state index in [-0.39, 0.29) is 23.9 Å². The number of hydrogen-bond acceptors (Lipinski definition) is 3. The molecule has 0 unspecified atom stereocenters. The molecule has 0 saturated heterocycles. The van der Waals surface area contributed by atoms with Crippen molar-refractivity contribution in [2.24, 2.45) is 0 Å². The molecule has 0 amide bonds. The van der Waals surface area contributed by atoms with E-state index >= 15 is 0 Å². The molecule has 0 spiro atoms. The molecule has 0 aliphatic heterocycles. The topological polar surface area (TPSA) is 59.9 Å². The van der Waals surface area contributed by atoms with E-state index < -0.39 is 40.5 Å². The number of H-pyrrole nitrogens is 1. The predicted molar refractivity (Wildman–Crippen MR) is 129 cm³/mol. The molecule has 1 aliphatic carbocycles. The van der Waals surface area contributed by atoms with Gasteiger partial charge in [0, 0.05) is 5.41 Å². The third-order valence-electron chi connectivity index (χ3n) is 7.93. The summed E-state index contributed by atoms with van der Waals surface area (Å²) >= 11 is 0. The molecular weight excluding hydrogens is 512 g/mol. The van der Waals surface area contributed by atoms with Gasteiger partial charge in [0.2, 0.25) is 0 Å². The van der Waals surface area contributed by atoms with Gasteiger partial charge in [-0.3, -0.25) is 4.57 Å². The maximum atomic E-state index is 13.4. The van der Waals surface area contributed by atoms with E-state index in [9.17, 15) is 31.1 Å². The van der Waals surface area contributed by atoms with E-state index in [2.05, 4.69) is 10.2 Å². The molecule has 1 fully saturated rings. The second-order valence-electron chi connectivity index (χ2n) is 10.0. The average molecular weight is 542 g/mol. The molecule has 38 heavy (non-hydrogen) atoms. The van der Waals surface area contributed by atoms with Crippen molar-refractivity contribution in [1.82, 2.24) is 14.8 Å². The van der Waals surface area contributed by atoms with Crippen molar-refractivity contribution >= 4 is 0 Å². The van der Waals surface area contributed by atoms with Gasteiger partial charge in [-0.1, -0.05) is 37.3 Å². The Bertz CT molecular complexity index is 1260. The van der Waals surface area contributed by atoms with E-state index in [0.717, 1.165) is 5.56 Å². The Morgan fingerprint density at radius 3 is 2.03 bits per heavy atom. The van der Waals surface area contributed by atoms with Crippen molar-refractivity contribution in [2.45, 2.75) is 75.4 Å². The van der Waals surface area contributed by atoms with Gasteiger partial charge in [-0.05, 0) is 68.4 Å². The fourth-order valence-electron chi connectivity index (χ4n) is 5.45. The van der Waals surface area contributed by atoms with Gasteiger partial charge in [0.25, 0.3) is 0 Å². The van der Waals surface area contributed by atoms with Crippen LogP contribution in [0.2, 0.25) is 0 Å². The Balaban J connectivity index is 1.62. The van der Waals surface area contributed by atoms with Crippen LogP contribution >= 0.6 is 0 Å². The first-order valence-corrected chi connectivity index (χ1v) is 12.4. The highest BCUT2D eigenvalue weighted by Gasteiger charge is 2.45. The molecule has 1 heterocycles. The number of aromatic nitrogens is 3. The molecule has 1 aromatic heterocycles. The number of rotatable bonds is 7. The summed E-state index contributed by atoms with van der Waals surface area (Å²) in [5.74, 6) is 0. The van der Waals surface area contributed by atoms with Gasteiger partial charge in [-0.25, -0.2) is 9.89 Å². The van der Waals surface area contributed by atoms with Crippen molar-refractivity contribution < 1.29 is 31.1 Å². The van der Waals surface area contributed by atoms with E-state index in [1.54, 1.807) is 4.57 Å². The molecule has 1 atom stereocenters. The average Bonchev–Trinajstić information content (AvgIpc) is 3.33. The zero-order valence-corrected chi connectivity index (χ0v) is 21.0. The van der Waals surface area contributed by atoms with Crippen LogP contribution < -0.4 is 5.69 Å². The van der Waals surface area contributed by atoms with E-state index in [1.807, 2.05) is 37.3 Å². The zero-order chi connectivity index (χ0) is 27.8. The second-order valence-corrected chi connectivity index (χ2v) is 10.0. The standard InChI is InChI=1S/C27H29F6N3O2/c1-3-25(36-17-34-35-23(36)37)11-9-24(10-12-25,20-7-5-4-6-8-20)16-38-18(2)19-13-21(26(28,29)30)15-22(14-19)27(31,32)33/h4-8,13-15,17-18H,3,9-12,16H2,1-2H3,(H,35,37)/t18-,24-,25+/m1/s1. The third kappa shape index (κ3) is 5.52. The first-order valence-electron chi connectivity index (χ1n) is 12.4. The summed E-state index contributed by atoms with van der Waals surface area (Å²) in [6, 6.07) is 11.1. The van der Waals surface area contributed by atoms with Crippen LogP contribution in [-0.4, -0.2) is 21.4 Å². The summed E-state index contributed by atoms with van der Waals surface area (Å²) in [5.41, 5.74) is -3.24. The van der Waals surface area contributed by atoms with Crippen LogP contribution in [0.4, 0.5) is 26.3 Å². The lowest BCUT2D eigenvalue weighted by atomic mass is 9.63. The van der Waals surface area contributed by atoms with Crippen molar-refractivity contribution in [3.63, 3.8) is 0 Å². The smallest absolute Gasteiger partial charge is 0.373 e. The zero-order valence-electron chi connectivity index (χ0n) is 21.0. The predicted octanol–water partition coefficient (Wildman–Crippen LogP) is 7.00. The highest BCUT2D eigenvalue weighted by molar-refractivity contribution is 5.35. The Hall–Kier alpha value is -3.08. The molecule has 0 bridgehead atoms. The van der Waals surface area contributed by atoms with Gasteiger partial charge in [-0.2, -0.15) is 31.4 Å². The SMILES string of the molecule is CC[C@]1(n2cn[nH]c2=O)CC[C@@](CO[C@H](C)c2cc(C(F)(F)F)cc(C(F)(F)F)c2)(c2ccccc2)CC1. The molecule has 3 aromatic rings. The molecule has 1 aliphatic rings. The highest BCUT2D eigenvalue weighted by Crippen LogP contribution is 2.48. The van der Waals surface area contributed by atoms with Crippen LogP contribution in [0.25, 0.3) is 0 Å². The lowest BCUT2D eigenvalue weighted by Gasteiger charge is -2.47. The monoisotopic (exact) mass is 541 g/mol. The molecule has 1 N–H and O–H groups in total. The summed E-state index contributed by atoms with van der Waals surface area (Å²) in [6.45, 7) is 3.55. The van der Waals surface area contributed by atoms with Crippen LogP contribution in [-0.2, 0) is 28.0 Å². The largest absolute Gasteiger partial charge is 0.416 e. The molecule has 5 nitrogen and oxygen atoms in total. The molecule has 4 rings (SSSR count). The lowest BCUT2D eigenvalue weighted by Crippen LogP contribution is -2.47. The number of alkyl halides is 6. The number of hydrogen-bond donors (Lipinski definition) is 1.